The van der Waals surface area contributed by atoms with Gasteiger partial charge in [-0.25, -0.2) is 4.79 Å². The second kappa shape index (κ2) is 7.78. The maximum atomic E-state index is 12.0. The van der Waals surface area contributed by atoms with Crippen LogP contribution in [0.1, 0.15) is 36.0 Å². The van der Waals surface area contributed by atoms with Gasteiger partial charge in [-0.05, 0) is 37.3 Å². The number of amides is 1. The van der Waals surface area contributed by atoms with Crippen LogP contribution in [0, 0.1) is 5.92 Å². The van der Waals surface area contributed by atoms with E-state index in [0.717, 1.165) is 32.5 Å². The standard InChI is InChI=1S/C16H21NO4/c1-20-16(19)13-4-2-3-5-14(13)17-15(18)7-6-12-8-10-21-11-9-12/h2-5,12H,6-11H2,1H3,(H,17,18). The van der Waals surface area contributed by atoms with Gasteiger partial charge in [-0.1, -0.05) is 12.1 Å². The van der Waals surface area contributed by atoms with Gasteiger partial charge in [-0.2, -0.15) is 0 Å². The number of benzene rings is 1. The van der Waals surface area contributed by atoms with Gasteiger partial charge in [0.25, 0.3) is 0 Å². The van der Waals surface area contributed by atoms with Crippen molar-refractivity contribution in [3.05, 3.63) is 29.8 Å². The largest absolute Gasteiger partial charge is 0.465 e. The van der Waals surface area contributed by atoms with Crippen LogP contribution in [-0.4, -0.2) is 32.2 Å². The zero-order valence-electron chi connectivity index (χ0n) is 12.3. The Morgan fingerprint density at radius 1 is 1.29 bits per heavy atom. The van der Waals surface area contributed by atoms with Crippen molar-refractivity contribution in [2.24, 2.45) is 5.92 Å². The lowest BCUT2D eigenvalue weighted by Crippen LogP contribution is -2.19. The molecule has 0 aliphatic carbocycles. The number of anilines is 1. The van der Waals surface area contributed by atoms with Crippen molar-refractivity contribution >= 4 is 17.6 Å². The molecular weight excluding hydrogens is 270 g/mol. The molecule has 0 spiro atoms. The van der Waals surface area contributed by atoms with Crippen molar-refractivity contribution < 1.29 is 19.1 Å². The zero-order chi connectivity index (χ0) is 15.1. The first kappa shape index (κ1) is 15.5. The lowest BCUT2D eigenvalue weighted by molar-refractivity contribution is -0.116. The van der Waals surface area contributed by atoms with Gasteiger partial charge in [0.1, 0.15) is 0 Å². The van der Waals surface area contributed by atoms with E-state index in [-0.39, 0.29) is 5.91 Å². The second-order valence-electron chi connectivity index (χ2n) is 5.18. The molecule has 1 N–H and O–H groups in total. The molecule has 1 heterocycles. The lowest BCUT2D eigenvalue weighted by Gasteiger charge is -2.21. The molecule has 1 amide bonds. The Balaban J connectivity index is 1.88. The summed E-state index contributed by atoms with van der Waals surface area (Å²) < 4.78 is 10.0. The van der Waals surface area contributed by atoms with Gasteiger partial charge >= 0.3 is 5.97 Å². The summed E-state index contributed by atoms with van der Waals surface area (Å²) in [7, 11) is 1.33. The third kappa shape index (κ3) is 4.56. The number of carbonyl (C=O) groups is 2. The first-order chi connectivity index (χ1) is 10.2. The van der Waals surface area contributed by atoms with Crippen LogP contribution in [0.4, 0.5) is 5.69 Å². The lowest BCUT2D eigenvalue weighted by atomic mass is 9.95. The quantitative estimate of drug-likeness (QED) is 0.847. The summed E-state index contributed by atoms with van der Waals surface area (Å²) >= 11 is 0. The third-order valence-electron chi connectivity index (χ3n) is 3.73. The summed E-state index contributed by atoms with van der Waals surface area (Å²) in [6.45, 7) is 1.58. The van der Waals surface area contributed by atoms with Crippen LogP contribution in [0.15, 0.2) is 24.3 Å². The van der Waals surface area contributed by atoms with E-state index in [1.165, 1.54) is 7.11 Å². The van der Waals surface area contributed by atoms with Crippen LogP contribution in [0.3, 0.4) is 0 Å². The molecule has 1 aromatic carbocycles. The molecule has 0 aromatic heterocycles. The molecule has 114 valence electrons. The van der Waals surface area contributed by atoms with Gasteiger partial charge in [0.15, 0.2) is 0 Å². The fourth-order valence-electron chi connectivity index (χ4n) is 2.46. The number of para-hydroxylation sites is 1. The fourth-order valence-corrected chi connectivity index (χ4v) is 2.46. The Bertz CT molecular complexity index is 495. The number of carbonyl (C=O) groups excluding carboxylic acids is 2. The highest BCUT2D eigenvalue weighted by atomic mass is 16.5. The molecule has 1 aliphatic rings. The summed E-state index contributed by atoms with van der Waals surface area (Å²) in [5, 5.41) is 2.79. The molecule has 5 nitrogen and oxygen atoms in total. The van der Waals surface area contributed by atoms with Gasteiger partial charge in [-0.3, -0.25) is 4.79 Å². The number of ether oxygens (including phenoxy) is 2. The smallest absolute Gasteiger partial charge is 0.339 e. The first-order valence-electron chi connectivity index (χ1n) is 7.25. The molecular formula is C16H21NO4. The second-order valence-corrected chi connectivity index (χ2v) is 5.18. The van der Waals surface area contributed by atoms with Crippen LogP contribution in [0.2, 0.25) is 0 Å². The van der Waals surface area contributed by atoms with Crippen LogP contribution in [-0.2, 0) is 14.3 Å². The van der Waals surface area contributed by atoms with Crippen molar-refractivity contribution in [2.45, 2.75) is 25.7 Å². The maximum Gasteiger partial charge on any atom is 0.339 e. The first-order valence-corrected chi connectivity index (χ1v) is 7.25. The fraction of sp³-hybridized carbons (Fsp3) is 0.500. The number of rotatable bonds is 5. The Kier molecular flexibility index (Phi) is 5.75. The highest BCUT2D eigenvalue weighted by Gasteiger charge is 2.17. The van der Waals surface area contributed by atoms with Crippen molar-refractivity contribution in [1.82, 2.24) is 0 Å². The average molecular weight is 291 g/mol. The summed E-state index contributed by atoms with van der Waals surface area (Å²) in [6, 6.07) is 6.86. The molecule has 0 unspecified atom stereocenters. The van der Waals surface area contributed by atoms with Crippen molar-refractivity contribution in [3.63, 3.8) is 0 Å². The van der Waals surface area contributed by atoms with Gasteiger partial charge in [0.05, 0.1) is 18.4 Å². The Morgan fingerprint density at radius 2 is 2.00 bits per heavy atom. The molecule has 0 bridgehead atoms. The van der Waals surface area contributed by atoms with Gasteiger partial charge in [0, 0.05) is 19.6 Å². The van der Waals surface area contributed by atoms with Crippen LogP contribution < -0.4 is 5.32 Å². The minimum Gasteiger partial charge on any atom is -0.465 e. The van der Waals surface area contributed by atoms with E-state index in [1.54, 1.807) is 24.3 Å². The third-order valence-corrected chi connectivity index (χ3v) is 3.73. The highest BCUT2D eigenvalue weighted by molar-refractivity contribution is 6.01. The molecule has 1 fully saturated rings. The summed E-state index contributed by atoms with van der Waals surface area (Å²) in [5.41, 5.74) is 0.876. The number of methoxy groups -OCH3 is 1. The zero-order valence-corrected chi connectivity index (χ0v) is 12.3. The Labute approximate surface area is 124 Å². The van der Waals surface area contributed by atoms with Gasteiger partial charge < -0.3 is 14.8 Å². The summed E-state index contributed by atoms with van der Waals surface area (Å²) in [6.07, 6.45) is 3.35. The molecule has 21 heavy (non-hydrogen) atoms. The van der Waals surface area contributed by atoms with E-state index in [1.807, 2.05) is 0 Å². The summed E-state index contributed by atoms with van der Waals surface area (Å²) in [5.74, 6) is 0.0357. The molecule has 0 atom stereocenters. The summed E-state index contributed by atoms with van der Waals surface area (Å²) in [4.78, 5) is 23.7. The average Bonchev–Trinajstić information content (AvgIpc) is 2.54. The van der Waals surface area contributed by atoms with Crippen molar-refractivity contribution in [3.8, 4) is 0 Å². The van der Waals surface area contributed by atoms with E-state index in [9.17, 15) is 9.59 Å². The van der Waals surface area contributed by atoms with E-state index in [4.69, 9.17) is 9.47 Å². The van der Waals surface area contributed by atoms with E-state index in [2.05, 4.69) is 5.32 Å². The van der Waals surface area contributed by atoms with Crippen molar-refractivity contribution in [1.29, 1.82) is 0 Å². The molecule has 2 rings (SSSR count). The Hall–Kier alpha value is -1.88. The molecule has 1 saturated heterocycles. The number of hydrogen-bond acceptors (Lipinski definition) is 4. The molecule has 0 radical (unpaired) electrons. The minimum atomic E-state index is -0.449. The molecule has 1 aliphatic heterocycles. The monoisotopic (exact) mass is 291 g/mol. The van der Waals surface area contributed by atoms with E-state index in [0.29, 0.717) is 23.6 Å². The van der Waals surface area contributed by atoms with Gasteiger partial charge in [0.2, 0.25) is 5.91 Å². The minimum absolute atomic E-state index is 0.0714. The van der Waals surface area contributed by atoms with E-state index < -0.39 is 5.97 Å². The molecule has 0 saturated carbocycles. The maximum absolute atomic E-state index is 12.0. The predicted octanol–water partition coefficient (Wildman–Crippen LogP) is 2.62. The van der Waals surface area contributed by atoms with E-state index >= 15 is 0 Å². The van der Waals surface area contributed by atoms with Crippen LogP contribution in [0.25, 0.3) is 0 Å². The van der Waals surface area contributed by atoms with Crippen LogP contribution >= 0.6 is 0 Å². The number of esters is 1. The highest BCUT2D eigenvalue weighted by Crippen LogP contribution is 2.21. The topological polar surface area (TPSA) is 64.6 Å². The number of nitrogens with one attached hydrogen (secondary N) is 1. The normalized spacial score (nSPS) is 15.5. The molecule has 1 aromatic rings. The predicted molar refractivity (Wildman–Crippen MR) is 79.2 cm³/mol. The van der Waals surface area contributed by atoms with Crippen LogP contribution in [0.5, 0.6) is 0 Å². The van der Waals surface area contributed by atoms with Crippen molar-refractivity contribution in [2.75, 3.05) is 25.6 Å². The number of hydrogen-bond donors (Lipinski definition) is 1. The Morgan fingerprint density at radius 3 is 2.71 bits per heavy atom. The SMILES string of the molecule is COC(=O)c1ccccc1NC(=O)CCC1CCOCC1. The van der Waals surface area contributed by atoms with Gasteiger partial charge in [-0.15, -0.1) is 0 Å². The molecule has 5 heteroatoms.